The standard InChI is InChI=1S/C22H40.C8H16/c1-4-6-9-20-16(3)15-19-8-7-10-21(19)22(20)18-13-11-17(5-2)12-14-18;1-7-3-5-8(2)6-4-7/h16-22H,4-15H2,1-3H3;7-8H,3-6H2,1-2H3. The van der Waals surface area contributed by atoms with E-state index >= 15 is 0 Å². The molecule has 0 aliphatic heterocycles. The van der Waals surface area contributed by atoms with Crippen LogP contribution in [0.4, 0.5) is 0 Å². The molecule has 0 N–H and O–H groups in total. The monoisotopic (exact) mass is 416 g/mol. The lowest BCUT2D eigenvalue weighted by Crippen LogP contribution is -2.42. The average molecular weight is 417 g/mol. The maximum Gasteiger partial charge on any atom is -0.0324 e. The Morgan fingerprint density at radius 3 is 1.87 bits per heavy atom. The third-order valence-corrected chi connectivity index (χ3v) is 10.3. The van der Waals surface area contributed by atoms with Gasteiger partial charge in [0.05, 0.1) is 0 Å². The van der Waals surface area contributed by atoms with Gasteiger partial charge >= 0.3 is 0 Å². The molecule has 0 saturated heterocycles. The van der Waals surface area contributed by atoms with Crippen molar-refractivity contribution in [3.8, 4) is 0 Å². The van der Waals surface area contributed by atoms with Gasteiger partial charge in [0.1, 0.15) is 0 Å². The van der Waals surface area contributed by atoms with Crippen LogP contribution in [0.5, 0.6) is 0 Å². The highest BCUT2D eigenvalue weighted by molar-refractivity contribution is 4.97. The number of hydrogen-bond acceptors (Lipinski definition) is 0. The van der Waals surface area contributed by atoms with E-state index in [1.165, 1.54) is 44.9 Å². The maximum absolute atomic E-state index is 2.61. The molecule has 0 aromatic heterocycles. The van der Waals surface area contributed by atoms with Crippen LogP contribution in [0.1, 0.15) is 137 Å². The van der Waals surface area contributed by atoms with Gasteiger partial charge in [-0.25, -0.2) is 0 Å². The summed E-state index contributed by atoms with van der Waals surface area (Å²) in [4.78, 5) is 0. The Morgan fingerprint density at radius 2 is 1.30 bits per heavy atom. The van der Waals surface area contributed by atoms with Crippen LogP contribution in [0.15, 0.2) is 0 Å². The van der Waals surface area contributed by atoms with E-state index in [4.69, 9.17) is 0 Å². The van der Waals surface area contributed by atoms with E-state index in [0.29, 0.717) is 0 Å². The van der Waals surface area contributed by atoms with Crippen molar-refractivity contribution in [1.82, 2.24) is 0 Å². The van der Waals surface area contributed by atoms with E-state index in [2.05, 4.69) is 34.6 Å². The molecule has 4 aliphatic rings. The van der Waals surface area contributed by atoms with E-state index in [1.807, 2.05) is 0 Å². The second-order valence-electron chi connectivity index (χ2n) is 12.5. The first-order chi connectivity index (χ1) is 14.5. The van der Waals surface area contributed by atoms with E-state index in [1.54, 1.807) is 57.8 Å². The molecule has 0 bridgehead atoms. The van der Waals surface area contributed by atoms with Gasteiger partial charge < -0.3 is 0 Å². The summed E-state index contributed by atoms with van der Waals surface area (Å²) in [7, 11) is 0. The van der Waals surface area contributed by atoms with Crippen LogP contribution in [-0.2, 0) is 0 Å². The zero-order chi connectivity index (χ0) is 21.5. The summed E-state index contributed by atoms with van der Waals surface area (Å²) in [6.45, 7) is 12.1. The molecular formula is C30H56. The third-order valence-electron chi connectivity index (χ3n) is 10.3. The Morgan fingerprint density at radius 1 is 0.667 bits per heavy atom. The predicted molar refractivity (Wildman–Crippen MR) is 134 cm³/mol. The molecule has 5 atom stereocenters. The average Bonchev–Trinajstić information content (AvgIpc) is 3.22. The van der Waals surface area contributed by atoms with Crippen LogP contribution >= 0.6 is 0 Å². The summed E-state index contributed by atoms with van der Waals surface area (Å²) in [5.41, 5.74) is 0. The van der Waals surface area contributed by atoms with Gasteiger partial charge in [-0.3, -0.25) is 0 Å². The Labute approximate surface area is 190 Å². The SMILES string of the molecule is CC1CCC(C)CC1.CCCCC1C(C)CC2CCCC2C1C1CCC(CC)CC1. The molecule has 0 heteroatoms. The van der Waals surface area contributed by atoms with Gasteiger partial charge in [0.15, 0.2) is 0 Å². The Hall–Kier alpha value is 0. The number of hydrogen-bond donors (Lipinski definition) is 0. The summed E-state index contributed by atoms with van der Waals surface area (Å²) in [5.74, 6) is 9.63. The fourth-order valence-electron chi connectivity index (χ4n) is 8.24. The molecule has 0 aromatic carbocycles. The van der Waals surface area contributed by atoms with Gasteiger partial charge in [-0.1, -0.05) is 105 Å². The summed E-state index contributed by atoms with van der Waals surface area (Å²) in [6, 6.07) is 0. The lowest BCUT2D eigenvalue weighted by atomic mass is 9.56. The first-order valence-corrected chi connectivity index (χ1v) is 14.5. The number of unbranched alkanes of at least 4 members (excludes halogenated alkanes) is 1. The molecule has 4 fully saturated rings. The van der Waals surface area contributed by atoms with E-state index in [0.717, 1.165) is 53.3 Å². The van der Waals surface area contributed by atoms with Crippen molar-refractivity contribution in [2.24, 2.45) is 53.3 Å². The molecule has 30 heavy (non-hydrogen) atoms. The quantitative estimate of drug-likeness (QED) is 0.418. The van der Waals surface area contributed by atoms with Crippen molar-refractivity contribution in [2.75, 3.05) is 0 Å². The lowest BCUT2D eigenvalue weighted by molar-refractivity contribution is -0.00258. The van der Waals surface area contributed by atoms with E-state index < -0.39 is 0 Å². The molecule has 0 aromatic rings. The minimum atomic E-state index is 1.01. The first-order valence-electron chi connectivity index (χ1n) is 14.5. The smallest absolute Gasteiger partial charge is 0.0324 e. The minimum absolute atomic E-state index is 1.01. The van der Waals surface area contributed by atoms with Crippen molar-refractivity contribution in [2.45, 2.75) is 137 Å². The minimum Gasteiger partial charge on any atom is -0.0654 e. The second-order valence-corrected chi connectivity index (χ2v) is 12.5. The summed E-state index contributed by atoms with van der Waals surface area (Å²) in [6.07, 6.45) is 24.2. The molecule has 0 spiro atoms. The van der Waals surface area contributed by atoms with E-state index in [-0.39, 0.29) is 0 Å². The van der Waals surface area contributed by atoms with Gasteiger partial charge in [-0.15, -0.1) is 0 Å². The number of fused-ring (bicyclic) bond motifs is 1. The van der Waals surface area contributed by atoms with Crippen LogP contribution in [-0.4, -0.2) is 0 Å². The molecule has 176 valence electrons. The van der Waals surface area contributed by atoms with Crippen LogP contribution in [0.2, 0.25) is 0 Å². The summed E-state index contributed by atoms with van der Waals surface area (Å²) < 4.78 is 0. The van der Waals surface area contributed by atoms with Gasteiger partial charge in [0, 0.05) is 0 Å². The molecule has 0 amide bonds. The molecule has 0 heterocycles. The zero-order valence-corrected chi connectivity index (χ0v) is 21.5. The Balaban J connectivity index is 0.000000269. The summed E-state index contributed by atoms with van der Waals surface area (Å²) in [5, 5.41) is 0. The highest BCUT2D eigenvalue weighted by Gasteiger charge is 2.47. The fourth-order valence-corrected chi connectivity index (χ4v) is 8.24. The third kappa shape index (κ3) is 6.51. The fraction of sp³-hybridized carbons (Fsp3) is 1.00. The molecule has 4 saturated carbocycles. The second kappa shape index (κ2) is 12.3. The maximum atomic E-state index is 2.61. The predicted octanol–water partition coefficient (Wildman–Crippen LogP) is 9.91. The Kier molecular flexibility index (Phi) is 10.1. The topological polar surface area (TPSA) is 0 Å². The van der Waals surface area contributed by atoms with Gasteiger partial charge in [0.25, 0.3) is 0 Å². The van der Waals surface area contributed by atoms with Gasteiger partial charge in [-0.05, 0) is 85.4 Å². The van der Waals surface area contributed by atoms with Crippen LogP contribution < -0.4 is 0 Å². The number of rotatable bonds is 5. The summed E-state index contributed by atoms with van der Waals surface area (Å²) >= 11 is 0. The van der Waals surface area contributed by atoms with Crippen LogP contribution in [0.25, 0.3) is 0 Å². The van der Waals surface area contributed by atoms with Crippen molar-refractivity contribution < 1.29 is 0 Å². The molecule has 5 unspecified atom stereocenters. The van der Waals surface area contributed by atoms with Crippen LogP contribution in [0, 0.1) is 53.3 Å². The van der Waals surface area contributed by atoms with Crippen LogP contribution in [0.3, 0.4) is 0 Å². The molecular weight excluding hydrogens is 360 g/mol. The molecule has 4 aliphatic carbocycles. The Bertz CT molecular complexity index is 441. The normalized spacial score (nSPS) is 44.1. The highest BCUT2D eigenvalue weighted by atomic mass is 14.5. The molecule has 4 rings (SSSR count). The van der Waals surface area contributed by atoms with Crippen molar-refractivity contribution in [3.05, 3.63) is 0 Å². The highest BCUT2D eigenvalue weighted by Crippen LogP contribution is 2.56. The largest absolute Gasteiger partial charge is 0.0654 e. The van der Waals surface area contributed by atoms with Gasteiger partial charge in [0.2, 0.25) is 0 Å². The van der Waals surface area contributed by atoms with E-state index in [9.17, 15) is 0 Å². The zero-order valence-electron chi connectivity index (χ0n) is 21.5. The van der Waals surface area contributed by atoms with Crippen molar-refractivity contribution in [1.29, 1.82) is 0 Å². The molecule has 0 nitrogen and oxygen atoms in total. The lowest BCUT2D eigenvalue weighted by Gasteiger charge is -2.49. The van der Waals surface area contributed by atoms with Crippen molar-refractivity contribution in [3.63, 3.8) is 0 Å². The van der Waals surface area contributed by atoms with Crippen molar-refractivity contribution >= 4 is 0 Å². The van der Waals surface area contributed by atoms with Gasteiger partial charge in [-0.2, -0.15) is 0 Å². The molecule has 0 radical (unpaired) electrons. The first kappa shape index (κ1) is 24.6.